The lowest BCUT2D eigenvalue weighted by molar-refractivity contribution is -0.141. The number of anilines is 2. The van der Waals surface area contributed by atoms with E-state index in [-0.39, 0.29) is 12.2 Å². The van der Waals surface area contributed by atoms with Gasteiger partial charge in [0.25, 0.3) is 5.91 Å². The van der Waals surface area contributed by atoms with Crippen molar-refractivity contribution >= 4 is 17.3 Å². The third kappa shape index (κ3) is 7.76. The maximum atomic E-state index is 13.6. The number of alkyl halides is 3. The van der Waals surface area contributed by atoms with E-state index in [4.69, 9.17) is 10.5 Å². The van der Waals surface area contributed by atoms with Gasteiger partial charge in [0.2, 0.25) is 0 Å². The highest BCUT2D eigenvalue weighted by atomic mass is 19.4. The molecule has 4 aromatic carbocycles. The molecule has 10 heteroatoms. The summed E-state index contributed by atoms with van der Waals surface area (Å²) in [5, 5.41) is 6.50. The number of carbonyl (C=O) groups is 1. The number of aromatic nitrogens is 2. The minimum absolute atomic E-state index is 0.194. The molecule has 46 heavy (non-hydrogen) atoms. The molecule has 1 fully saturated rings. The van der Waals surface area contributed by atoms with Crippen molar-refractivity contribution in [1.82, 2.24) is 9.78 Å². The Morgan fingerprint density at radius 3 is 2.33 bits per heavy atom. The molecular formula is C36H34F3N5O2. The van der Waals surface area contributed by atoms with Crippen LogP contribution in [0.4, 0.5) is 24.5 Å². The van der Waals surface area contributed by atoms with Crippen LogP contribution in [-0.2, 0) is 25.9 Å². The Bertz CT molecular complexity index is 1780. The second-order valence-electron chi connectivity index (χ2n) is 11.4. The summed E-state index contributed by atoms with van der Waals surface area (Å²) in [7, 11) is 0. The summed E-state index contributed by atoms with van der Waals surface area (Å²) in [5.74, 6) is 0.698. The number of halogens is 3. The third-order valence-electron chi connectivity index (χ3n) is 7.81. The van der Waals surface area contributed by atoms with Crippen molar-refractivity contribution in [2.24, 2.45) is 11.7 Å². The standard InChI is InChI=1S/C36H34F3N5O2/c37-36(38,39)34-20-33(44(42-34)31-11-5-8-27(19-31)21-40)35(45)41-29-10-4-9-28(18-29)23-43(22-25-12-13-25)30-14-16-32(17-15-30)46-24-26-6-2-1-3-7-26/h1-11,14-20,25H,12-13,21-24,40H2,(H,41,45). The fourth-order valence-electron chi connectivity index (χ4n) is 5.22. The van der Waals surface area contributed by atoms with Crippen molar-refractivity contribution in [2.75, 3.05) is 16.8 Å². The summed E-state index contributed by atoms with van der Waals surface area (Å²) in [5.41, 5.74) is 8.91. The van der Waals surface area contributed by atoms with Gasteiger partial charge in [-0.1, -0.05) is 54.6 Å². The number of amides is 1. The summed E-state index contributed by atoms with van der Waals surface area (Å²) < 4.78 is 47.9. The second kappa shape index (κ2) is 13.5. The van der Waals surface area contributed by atoms with Crippen LogP contribution in [-0.4, -0.2) is 22.2 Å². The number of nitrogens with one attached hydrogen (secondary N) is 1. The monoisotopic (exact) mass is 625 g/mol. The van der Waals surface area contributed by atoms with Gasteiger partial charge >= 0.3 is 6.18 Å². The average Bonchev–Trinajstić information content (AvgIpc) is 3.76. The van der Waals surface area contributed by atoms with E-state index in [0.717, 1.165) is 39.9 Å². The van der Waals surface area contributed by atoms with E-state index in [2.05, 4.69) is 15.3 Å². The highest BCUT2D eigenvalue weighted by Crippen LogP contribution is 2.33. The second-order valence-corrected chi connectivity index (χ2v) is 11.4. The first-order valence-corrected chi connectivity index (χ1v) is 15.1. The van der Waals surface area contributed by atoms with Gasteiger partial charge < -0.3 is 20.7 Å². The molecule has 0 saturated heterocycles. The van der Waals surface area contributed by atoms with Gasteiger partial charge in [0.1, 0.15) is 18.1 Å². The maximum absolute atomic E-state index is 13.6. The number of benzene rings is 4. The highest BCUT2D eigenvalue weighted by molar-refractivity contribution is 6.03. The average molecular weight is 626 g/mol. The Hall–Kier alpha value is -5.09. The summed E-state index contributed by atoms with van der Waals surface area (Å²) in [6.07, 6.45) is -2.35. The number of ether oxygens (including phenoxy) is 1. The summed E-state index contributed by atoms with van der Waals surface area (Å²) in [6, 6.07) is 32.8. The lowest BCUT2D eigenvalue weighted by Gasteiger charge is -2.25. The largest absolute Gasteiger partial charge is 0.489 e. The van der Waals surface area contributed by atoms with Crippen molar-refractivity contribution in [3.05, 3.63) is 137 Å². The predicted octanol–water partition coefficient (Wildman–Crippen LogP) is 7.60. The van der Waals surface area contributed by atoms with Crippen molar-refractivity contribution in [1.29, 1.82) is 0 Å². The lowest BCUT2D eigenvalue weighted by Crippen LogP contribution is -2.25. The fourth-order valence-corrected chi connectivity index (χ4v) is 5.22. The first-order chi connectivity index (χ1) is 22.2. The molecule has 1 aromatic heterocycles. The van der Waals surface area contributed by atoms with E-state index >= 15 is 0 Å². The van der Waals surface area contributed by atoms with Crippen LogP contribution in [0.2, 0.25) is 0 Å². The molecule has 5 aromatic rings. The van der Waals surface area contributed by atoms with Crippen LogP contribution in [0, 0.1) is 5.92 Å². The molecule has 6 rings (SSSR count). The molecule has 1 saturated carbocycles. The van der Waals surface area contributed by atoms with E-state index in [1.165, 1.54) is 12.8 Å². The quantitative estimate of drug-likeness (QED) is 0.149. The molecule has 0 unspecified atom stereocenters. The van der Waals surface area contributed by atoms with E-state index in [9.17, 15) is 18.0 Å². The zero-order valence-electron chi connectivity index (χ0n) is 25.1. The molecule has 1 amide bonds. The molecule has 1 aliphatic carbocycles. The fraction of sp³-hybridized carbons (Fsp3) is 0.222. The summed E-state index contributed by atoms with van der Waals surface area (Å²) in [6.45, 7) is 2.16. The number of carbonyl (C=O) groups excluding carboxylic acids is 1. The first kappa shape index (κ1) is 30.9. The zero-order valence-corrected chi connectivity index (χ0v) is 25.1. The van der Waals surface area contributed by atoms with Gasteiger partial charge in [-0.3, -0.25) is 4.79 Å². The Labute approximate surface area is 265 Å². The molecule has 0 radical (unpaired) electrons. The van der Waals surface area contributed by atoms with E-state index in [0.29, 0.717) is 36.0 Å². The van der Waals surface area contributed by atoms with Crippen molar-refractivity contribution in [2.45, 2.75) is 38.7 Å². The molecule has 236 valence electrons. The minimum Gasteiger partial charge on any atom is -0.489 e. The number of nitrogens with zero attached hydrogens (tertiary/aromatic N) is 3. The molecule has 1 aliphatic rings. The summed E-state index contributed by atoms with van der Waals surface area (Å²) in [4.78, 5) is 15.7. The zero-order chi connectivity index (χ0) is 32.1. The van der Waals surface area contributed by atoms with Crippen LogP contribution in [0.5, 0.6) is 5.75 Å². The van der Waals surface area contributed by atoms with E-state index in [1.54, 1.807) is 30.3 Å². The number of rotatable bonds is 12. The molecule has 0 atom stereocenters. The van der Waals surface area contributed by atoms with Crippen LogP contribution in [0.15, 0.2) is 109 Å². The SMILES string of the molecule is NCc1cccc(-n2nc(C(F)(F)F)cc2C(=O)Nc2cccc(CN(CC3CC3)c3ccc(OCc4ccccc4)cc3)c2)c1. The van der Waals surface area contributed by atoms with Gasteiger partial charge in [0, 0.05) is 37.1 Å². The molecule has 0 spiro atoms. The molecular weight excluding hydrogens is 591 g/mol. The number of hydrogen-bond acceptors (Lipinski definition) is 5. The Morgan fingerprint density at radius 1 is 0.891 bits per heavy atom. The van der Waals surface area contributed by atoms with Gasteiger partial charge in [-0.15, -0.1) is 0 Å². The predicted molar refractivity (Wildman–Crippen MR) is 172 cm³/mol. The smallest absolute Gasteiger partial charge is 0.435 e. The highest BCUT2D eigenvalue weighted by Gasteiger charge is 2.36. The van der Waals surface area contributed by atoms with Gasteiger partial charge in [0.05, 0.1) is 5.69 Å². The molecule has 0 bridgehead atoms. The Balaban J connectivity index is 1.18. The minimum atomic E-state index is -4.72. The lowest BCUT2D eigenvalue weighted by atomic mass is 10.1. The van der Waals surface area contributed by atoms with E-state index < -0.39 is 17.8 Å². The van der Waals surface area contributed by atoms with Crippen molar-refractivity contribution in [3.8, 4) is 11.4 Å². The van der Waals surface area contributed by atoms with Gasteiger partial charge in [0.15, 0.2) is 5.69 Å². The van der Waals surface area contributed by atoms with Gasteiger partial charge in [-0.25, -0.2) is 4.68 Å². The molecule has 0 aliphatic heterocycles. The Kier molecular flexibility index (Phi) is 9.07. The normalized spacial score (nSPS) is 13.0. The molecule has 7 nitrogen and oxygen atoms in total. The van der Waals surface area contributed by atoms with Crippen LogP contribution in [0.1, 0.15) is 45.7 Å². The summed E-state index contributed by atoms with van der Waals surface area (Å²) >= 11 is 0. The van der Waals surface area contributed by atoms with Crippen LogP contribution >= 0.6 is 0 Å². The maximum Gasteiger partial charge on any atom is 0.435 e. The van der Waals surface area contributed by atoms with Crippen molar-refractivity contribution in [3.63, 3.8) is 0 Å². The van der Waals surface area contributed by atoms with Crippen LogP contribution in [0.25, 0.3) is 5.69 Å². The van der Waals surface area contributed by atoms with Gasteiger partial charge in [-0.2, -0.15) is 18.3 Å². The van der Waals surface area contributed by atoms with Crippen molar-refractivity contribution < 1.29 is 22.7 Å². The molecule has 1 heterocycles. The van der Waals surface area contributed by atoms with Crippen LogP contribution < -0.4 is 20.7 Å². The third-order valence-corrected chi connectivity index (χ3v) is 7.81. The van der Waals surface area contributed by atoms with E-state index in [1.807, 2.05) is 72.8 Å². The van der Waals surface area contributed by atoms with Crippen LogP contribution in [0.3, 0.4) is 0 Å². The molecule has 3 N–H and O–H groups in total. The Morgan fingerprint density at radius 2 is 1.61 bits per heavy atom. The number of hydrogen-bond donors (Lipinski definition) is 2. The first-order valence-electron chi connectivity index (χ1n) is 15.1. The number of nitrogens with two attached hydrogens (primary N) is 1. The topological polar surface area (TPSA) is 85.4 Å². The van der Waals surface area contributed by atoms with Gasteiger partial charge in [-0.05, 0) is 84.0 Å².